The molecule has 0 radical (unpaired) electrons. The molecular formula is C20H19ClN2O. The van der Waals surface area contributed by atoms with Crippen LogP contribution in [0.3, 0.4) is 0 Å². The third-order valence-electron chi connectivity index (χ3n) is 3.80. The fourth-order valence-electron chi connectivity index (χ4n) is 2.47. The topological polar surface area (TPSA) is 37.9 Å². The van der Waals surface area contributed by atoms with E-state index in [0.717, 1.165) is 39.8 Å². The van der Waals surface area contributed by atoms with Crippen molar-refractivity contribution >= 4 is 17.7 Å². The minimum Gasteiger partial charge on any atom is -0.497 e. The van der Waals surface area contributed by atoms with Crippen LogP contribution in [0.2, 0.25) is 5.02 Å². The van der Waals surface area contributed by atoms with Crippen molar-refractivity contribution in [3.63, 3.8) is 0 Å². The lowest BCUT2D eigenvalue weighted by Crippen LogP contribution is -1.85. The van der Waals surface area contributed by atoms with Crippen molar-refractivity contribution < 1.29 is 4.74 Å². The molecule has 0 saturated carbocycles. The Morgan fingerprint density at radius 2 is 1.96 bits per heavy atom. The molecule has 3 nitrogen and oxygen atoms in total. The number of hydrogen-bond acceptors (Lipinski definition) is 2. The van der Waals surface area contributed by atoms with Crippen molar-refractivity contribution in [1.82, 2.24) is 9.97 Å². The van der Waals surface area contributed by atoms with Crippen molar-refractivity contribution in [3.8, 4) is 17.0 Å². The molecule has 0 aliphatic rings. The van der Waals surface area contributed by atoms with Gasteiger partial charge in [-0.05, 0) is 48.7 Å². The molecule has 0 amide bonds. The zero-order chi connectivity index (χ0) is 16.9. The second-order valence-corrected chi connectivity index (χ2v) is 6.03. The van der Waals surface area contributed by atoms with Gasteiger partial charge >= 0.3 is 0 Å². The molecule has 1 heterocycles. The van der Waals surface area contributed by atoms with Gasteiger partial charge in [-0.25, -0.2) is 4.98 Å². The third kappa shape index (κ3) is 3.87. The van der Waals surface area contributed by atoms with Crippen LogP contribution in [0.5, 0.6) is 5.75 Å². The number of ether oxygens (including phenoxy) is 1. The number of hydrogen-bond donors (Lipinski definition) is 1. The SMILES string of the molecule is COc1ccc(C/C=C/c2ncc(-c3ccc(C)cc3Cl)[nH]2)cc1. The van der Waals surface area contributed by atoms with Gasteiger partial charge in [-0.15, -0.1) is 0 Å². The van der Waals surface area contributed by atoms with Crippen molar-refractivity contribution in [2.45, 2.75) is 13.3 Å². The summed E-state index contributed by atoms with van der Waals surface area (Å²) in [5.41, 5.74) is 4.25. The number of rotatable bonds is 5. The van der Waals surface area contributed by atoms with Crippen molar-refractivity contribution in [1.29, 1.82) is 0 Å². The van der Waals surface area contributed by atoms with Crippen LogP contribution in [0.4, 0.5) is 0 Å². The van der Waals surface area contributed by atoms with E-state index in [4.69, 9.17) is 16.3 Å². The molecule has 0 fully saturated rings. The molecular weight excluding hydrogens is 320 g/mol. The predicted molar refractivity (Wildman–Crippen MR) is 99.5 cm³/mol. The van der Waals surface area contributed by atoms with Gasteiger partial charge in [0.1, 0.15) is 11.6 Å². The lowest BCUT2D eigenvalue weighted by atomic mass is 10.1. The molecule has 0 saturated heterocycles. The number of aryl methyl sites for hydroxylation is 1. The zero-order valence-corrected chi connectivity index (χ0v) is 14.5. The van der Waals surface area contributed by atoms with Gasteiger partial charge in [0.25, 0.3) is 0 Å². The number of benzene rings is 2. The minimum atomic E-state index is 0.729. The molecule has 0 unspecified atom stereocenters. The second kappa shape index (κ2) is 7.37. The number of allylic oxidation sites excluding steroid dienone is 1. The molecule has 122 valence electrons. The van der Waals surface area contributed by atoms with Crippen LogP contribution in [0.1, 0.15) is 17.0 Å². The van der Waals surface area contributed by atoms with Gasteiger partial charge < -0.3 is 9.72 Å². The first kappa shape index (κ1) is 16.3. The molecule has 2 aromatic carbocycles. The first-order chi connectivity index (χ1) is 11.7. The maximum absolute atomic E-state index is 6.31. The van der Waals surface area contributed by atoms with E-state index in [-0.39, 0.29) is 0 Å². The highest BCUT2D eigenvalue weighted by atomic mass is 35.5. The highest BCUT2D eigenvalue weighted by Gasteiger charge is 2.06. The summed E-state index contributed by atoms with van der Waals surface area (Å²) in [6.07, 6.45) is 6.71. The van der Waals surface area contributed by atoms with E-state index in [1.165, 1.54) is 5.56 Å². The van der Waals surface area contributed by atoms with Crippen LogP contribution >= 0.6 is 11.6 Å². The van der Waals surface area contributed by atoms with Gasteiger partial charge in [0.05, 0.1) is 24.0 Å². The summed E-state index contributed by atoms with van der Waals surface area (Å²) in [7, 11) is 1.67. The summed E-state index contributed by atoms with van der Waals surface area (Å²) in [4.78, 5) is 7.69. The standard InChI is InChI=1S/C20H19ClN2O/c1-14-6-11-17(18(21)12-14)19-13-22-20(23-19)5-3-4-15-7-9-16(24-2)10-8-15/h3,5-13H,4H2,1-2H3,(H,22,23)/b5-3+. The number of imidazole rings is 1. The molecule has 1 N–H and O–H groups in total. The highest BCUT2D eigenvalue weighted by molar-refractivity contribution is 6.33. The molecule has 0 spiro atoms. The normalized spacial score (nSPS) is 11.1. The summed E-state index contributed by atoms with van der Waals surface area (Å²) in [5, 5.41) is 0.729. The van der Waals surface area contributed by atoms with E-state index in [1.807, 2.05) is 49.5 Å². The quantitative estimate of drug-likeness (QED) is 0.685. The van der Waals surface area contributed by atoms with E-state index in [9.17, 15) is 0 Å². The number of nitrogens with zero attached hydrogens (tertiary/aromatic N) is 1. The Balaban J connectivity index is 1.69. The Morgan fingerprint density at radius 3 is 2.67 bits per heavy atom. The van der Waals surface area contributed by atoms with Crippen molar-refractivity contribution in [3.05, 3.63) is 76.7 Å². The fourth-order valence-corrected chi connectivity index (χ4v) is 2.80. The molecule has 1 aromatic heterocycles. The number of methoxy groups -OCH3 is 1. The number of halogens is 1. The second-order valence-electron chi connectivity index (χ2n) is 5.62. The molecule has 0 aliphatic carbocycles. The maximum Gasteiger partial charge on any atom is 0.130 e. The van der Waals surface area contributed by atoms with Crippen LogP contribution in [-0.2, 0) is 6.42 Å². The number of nitrogens with one attached hydrogen (secondary N) is 1. The lowest BCUT2D eigenvalue weighted by molar-refractivity contribution is 0.414. The monoisotopic (exact) mass is 338 g/mol. The van der Waals surface area contributed by atoms with Crippen LogP contribution < -0.4 is 4.74 Å². The molecule has 4 heteroatoms. The Labute approximate surface area is 147 Å². The highest BCUT2D eigenvalue weighted by Crippen LogP contribution is 2.27. The molecule has 3 rings (SSSR count). The Morgan fingerprint density at radius 1 is 1.17 bits per heavy atom. The third-order valence-corrected chi connectivity index (χ3v) is 4.11. The molecule has 0 atom stereocenters. The molecule has 0 bridgehead atoms. The van der Waals surface area contributed by atoms with Crippen LogP contribution in [-0.4, -0.2) is 17.1 Å². The van der Waals surface area contributed by atoms with Gasteiger partial charge in [-0.2, -0.15) is 0 Å². The van der Waals surface area contributed by atoms with E-state index in [0.29, 0.717) is 0 Å². The first-order valence-corrected chi connectivity index (χ1v) is 8.14. The van der Waals surface area contributed by atoms with Crippen LogP contribution in [0, 0.1) is 6.92 Å². The fraction of sp³-hybridized carbons (Fsp3) is 0.150. The summed E-state index contributed by atoms with van der Waals surface area (Å²) >= 11 is 6.31. The lowest BCUT2D eigenvalue weighted by Gasteiger charge is -2.02. The van der Waals surface area contributed by atoms with Gasteiger partial charge in [-0.1, -0.05) is 41.9 Å². The van der Waals surface area contributed by atoms with Gasteiger partial charge in [-0.3, -0.25) is 0 Å². The van der Waals surface area contributed by atoms with E-state index < -0.39 is 0 Å². The van der Waals surface area contributed by atoms with Crippen LogP contribution in [0.25, 0.3) is 17.3 Å². The number of aromatic amines is 1. The average molecular weight is 339 g/mol. The predicted octanol–water partition coefficient (Wildman–Crippen LogP) is 5.30. The molecule has 0 aliphatic heterocycles. The van der Waals surface area contributed by atoms with E-state index in [2.05, 4.69) is 28.2 Å². The van der Waals surface area contributed by atoms with E-state index in [1.54, 1.807) is 7.11 Å². The Kier molecular flexibility index (Phi) is 5.02. The Hall–Kier alpha value is -2.52. The van der Waals surface area contributed by atoms with E-state index >= 15 is 0 Å². The zero-order valence-electron chi connectivity index (χ0n) is 13.7. The average Bonchev–Trinajstić information content (AvgIpc) is 3.04. The first-order valence-electron chi connectivity index (χ1n) is 7.77. The van der Waals surface area contributed by atoms with Gasteiger partial charge in [0.15, 0.2) is 0 Å². The summed E-state index contributed by atoms with van der Waals surface area (Å²) in [6.45, 7) is 2.02. The minimum absolute atomic E-state index is 0.729. The van der Waals surface area contributed by atoms with Crippen molar-refractivity contribution in [2.75, 3.05) is 7.11 Å². The number of aromatic nitrogens is 2. The summed E-state index contributed by atoms with van der Waals surface area (Å²) in [5.74, 6) is 1.68. The number of H-pyrrole nitrogens is 1. The van der Waals surface area contributed by atoms with Gasteiger partial charge in [0, 0.05) is 5.56 Å². The summed E-state index contributed by atoms with van der Waals surface area (Å²) < 4.78 is 5.16. The molecule has 3 aromatic rings. The summed E-state index contributed by atoms with van der Waals surface area (Å²) in [6, 6.07) is 14.1. The maximum atomic E-state index is 6.31. The smallest absolute Gasteiger partial charge is 0.130 e. The Bertz CT molecular complexity index is 850. The molecule has 24 heavy (non-hydrogen) atoms. The van der Waals surface area contributed by atoms with Crippen LogP contribution in [0.15, 0.2) is 54.7 Å². The van der Waals surface area contributed by atoms with Gasteiger partial charge in [0.2, 0.25) is 0 Å². The van der Waals surface area contributed by atoms with Crippen molar-refractivity contribution in [2.24, 2.45) is 0 Å². The largest absolute Gasteiger partial charge is 0.497 e.